The van der Waals surface area contributed by atoms with Gasteiger partial charge in [0.2, 0.25) is 0 Å². The van der Waals surface area contributed by atoms with Crippen molar-refractivity contribution >= 4 is 8.03 Å². The van der Waals surface area contributed by atoms with E-state index >= 15 is 0 Å². The van der Waals surface area contributed by atoms with Crippen LogP contribution in [0.15, 0.2) is 0 Å². The molecule has 54 valence electrons. The zero-order valence-corrected chi connectivity index (χ0v) is 9.86. The van der Waals surface area contributed by atoms with E-state index in [4.69, 9.17) is 0 Å². The molecule has 0 radical (unpaired) electrons. The maximum absolute atomic E-state index is 10.4. The van der Waals surface area contributed by atoms with E-state index in [1.54, 1.807) is 0 Å². The van der Waals surface area contributed by atoms with E-state index in [1.807, 2.05) is 13.8 Å². The fourth-order valence-electron chi connectivity index (χ4n) is 0.792. The molecule has 10 heavy (non-hydrogen) atoms. The summed E-state index contributed by atoms with van der Waals surface area (Å²) in [4.78, 5) is 10.4. The van der Waals surface area contributed by atoms with Gasteiger partial charge in [0.25, 0.3) is 0 Å². The van der Waals surface area contributed by atoms with Crippen molar-refractivity contribution < 1.29 is 39.0 Å². The van der Waals surface area contributed by atoms with Crippen LogP contribution < -0.4 is 34.5 Å². The van der Waals surface area contributed by atoms with Crippen LogP contribution in [0.4, 0.5) is 0 Å². The minimum Gasteiger partial charge on any atom is -0.595 e. The Morgan fingerprint density at radius 3 is 2.10 bits per heavy atom. The van der Waals surface area contributed by atoms with Gasteiger partial charge in [-0.1, -0.05) is 24.8 Å². The van der Waals surface area contributed by atoms with Gasteiger partial charge in [-0.2, -0.15) is 0 Å². The Morgan fingerprint density at radius 2 is 2.00 bits per heavy atom. The molecule has 0 heterocycles. The van der Waals surface area contributed by atoms with E-state index in [1.165, 1.54) is 0 Å². The minimum atomic E-state index is -2.17. The van der Waals surface area contributed by atoms with Crippen molar-refractivity contribution in [2.45, 2.75) is 38.8 Å². The zero-order valence-electron chi connectivity index (χ0n) is 6.96. The summed E-state index contributed by atoms with van der Waals surface area (Å²) in [5.41, 5.74) is -0.0787. The van der Waals surface area contributed by atoms with Gasteiger partial charge in [-0.15, -0.1) is 0 Å². The van der Waals surface area contributed by atoms with E-state index in [9.17, 15) is 9.46 Å². The first-order chi connectivity index (χ1) is 4.22. The summed E-state index contributed by atoms with van der Waals surface area (Å²) in [5.74, 6) is 0. The third-order valence-electron chi connectivity index (χ3n) is 1.39. The Morgan fingerprint density at radius 1 is 1.50 bits per heavy atom. The molecule has 2 unspecified atom stereocenters. The molecule has 2 nitrogen and oxygen atoms in total. The molecule has 0 N–H and O–H groups in total. The molecule has 0 amide bonds. The van der Waals surface area contributed by atoms with Crippen LogP contribution in [0.5, 0.6) is 0 Å². The van der Waals surface area contributed by atoms with Crippen LogP contribution in [0.25, 0.3) is 0 Å². The molecule has 0 aliphatic rings. The van der Waals surface area contributed by atoms with E-state index in [0.717, 1.165) is 19.3 Å². The van der Waals surface area contributed by atoms with Crippen molar-refractivity contribution in [3.63, 3.8) is 0 Å². The van der Waals surface area contributed by atoms with Gasteiger partial charge in [0.15, 0.2) is 5.66 Å². The molecular formula is C6H13NaO2P+. The second-order valence-electron chi connectivity index (χ2n) is 2.14. The molecule has 0 saturated carbocycles. The van der Waals surface area contributed by atoms with E-state index in [0.29, 0.717) is 0 Å². The van der Waals surface area contributed by atoms with Crippen LogP contribution in [0.2, 0.25) is 0 Å². The first-order valence-electron chi connectivity index (χ1n) is 3.35. The third kappa shape index (κ3) is 5.82. The van der Waals surface area contributed by atoms with Gasteiger partial charge >= 0.3 is 37.6 Å². The fourth-order valence-corrected chi connectivity index (χ4v) is 1.56. The van der Waals surface area contributed by atoms with Gasteiger partial charge < -0.3 is 4.89 Å². The zero-order chi connectivity index (χ0) is 7.28. The quantitative estimate of drug-likeness (QED) is 0.388. The van der Waals surface area contributed by atoms with Crippen molar-refractivity contribution in [3.8, 4) is 0 Å². The molecule has 0 rings (SSSR count). The Hall–Kier alpha value is 1.06. The van der Waals surface area contributed by atoms with Crippen LogP contribution in [-0.2, 0) is 4.57 Å². The Bertz CT molecular complexity index is 97.7. The van der Waals surface area contributed by atoms with Crippen LogP contribution in [0.3, 0.4) is 0 Å². The minimum absolute atomic E-state index is 0. The predicted octanol–water partition coefficient (Wildman–Crippen LogP) is -1.33. The molecule has 4 heteroatoms. The van der Waals surface area contributed by atoms with Gasteiger partial charge in [0, 0.05) is 0 Å². The SMILES string of the molecule is CCCC(CC)[P+](=O)[O-].[Na+]. The molecule has 0 bridgehead atoms. The summed E-state index contributed by atoms with van der Waals surface area (Å²) in [7, 11) is -2.17. The fraction of sp³-hybridized carbons (Fsp3) is 1.00. The summed E-state index contributed by atoms with van der Waals surface area (Å²) in [6, 6.07) is 0. The summed E-state index contributed by atoms with van der Waals surface area (Å²) in [6.45, 7) is 3.91. The molecule has 0 aromatic heterocycles. The predicted molar refractivity (Wildman–Crippen MR) is 36.6 cm³/mol. The molecule has 2 atom stereocenters. The summed E-state index contributed by atoms with van der Waals surface area (Å²) < 4.78 is 10.4. The molecule has 0 aliphatic heterocycles. The van der Waals surface area contributed by atoms with Gasteiger partial charge in [-0.3, -0.25) is 0 Å². The molecule has 0 aliphatic carbocycles. The Labute approximate surface area is 85.6 Å². The van der Waals surface area contributed by atoms with Gasteiger partial charge in [0.1, 0.15) is 0 Å². The molecular weight excluding hydrogens is 158 g/mol. The topological polar surface area (TPSA) is 40.1 Å². The maximum Gasteiger partial charge on any atom is 1.00 e. The largest absolute Gasteiger partial charge is 1.00 e. The average Bonchev–Trinajstić information content (AvgIpc) is 1.82. The van der Waals surface area contributed by atoms with E-state index < -0.39 is 8.03 Å². The molecule has 0 spiro atoms. The van der Waals surface area contributed by atoms with Gasteiger partial charge in [-0.25, -0.2) is 0 Å². The van der Waals surface area contributed by atoms with Crippen molar-refractivity contribution in [1.29, 1.82) is 0 Å². The number of hydrogen-bond acceptors (Lipinski definition) is 2. The van der Waals surface area contributed by atoms with Crippen molar-refractivity contribution in [2.75, 3.05) is 0 Å². The van der Waals surface area contributed by atoms with Crippen molar-refractivity contribution in [3.05, 3.63) is 0 Å². The normalized spacial score (nSPS) is 13.7. The number of hydrogen-bond donors (Lipinski definition) is 0. The second-order valence-corrected chi connectivity index (χ2v) is 3.44. The average molecular weight is 171 g/mol. The first kappa shape index (κ1) is 13.6. The standard InChI is InChI=1S/C6H13O2P.Na/c1-3-5-6(4-2)9(7)8;/h6H,3-5H2,1-2H3;/q;+1. The van der Waals surface area contributed by atoms with Gasteiger partial charge in [-0.05, 0) is 12.8 Å². The van der Waals surface area contributed by atoms with Gasteiger partial charge in [0.05, 0.1) is 0 Å². The first-order valence-corrected chi connectivity index (χ1v) is 4.60. The summed E-state index contributed by atoms with van der Waals surface area (Å²) >= 11 is 0. The summed E-state index contributed by atoms with van der Waals surface area (Å²) in [5, 5.41) is 0. The van der Waals surface area contributed by atoms with Crippen LogP contribution in [-0.4, -0.2) is 5.66 Å². The summed E-state index contributed by atoms with van der Waals surface area (Å²) in [6.07, 6.45) is 2.53. The van der Waals surface area contributed by atoms with Crippen LogP contribution in [0, 0.1) is 0 Å². The molecule has 0 aromatic rings. The smallest absolute Gasteiger partial charge is 0.595 e. The van der Waals surface area contributed by atoms with E-state index in [-0.39, 0.29) is 35.2 Å². The molecule has 0 fully saturated rings. The monoisotopic (exact) mass is 171 g/mol. The molecule has 0 aromatic carbocycles. The Kier molecular flexibility index (Phi) is 11.1. The van der Waals surface area contributed by atoms with Crippen LogP contribution >= 0.6 is 8.03 Å². The molecule has 0 saturated heterocycles. The maximum atomic E-state index is 10.4. The van der Waals surface area contributed by atoms with E-state index in [2.05, 4.69) is 0 Å². The van der Waals surface area contributed by atoms with Crippen LogP contribution in [0.1, 0.15) is 33.1 Å². The second kappa shape index (κ2) is 8.16. The third-order valence-corrected chi connectivity index (χ3v) is 2.61. The van der Waals surface area contributed by atoms with Crippen molar-refractivity contribution in [1.82, 2.24) is 0 Å². The number of rotatable bonds is 4. The van der Waals surface area contributed by atoms with Crippen molar-refractivity contribution in [2.24, 2.45) is 0 Å². The Balaban J connectivity index is 0.